The first-order valence-electron chi connectivity index (χ1n) is 8.34. The Morgan fingerprint density at radius 3 is 2.43 bits per heavy atom. The van der Waals surface area contributed by atoms with Gasteiger partial charge in [0.25, 0.3) is 0 Å². The Morgan fingerprint density at radius 1 is 1.29 bits per heavy atom. The lowest BCUT2D eigenvalue weighted by Crippen LogP contribution is -2.54. The van der Waals surface area contributed by atoms with Crippen LogP contribution in [0, 0.1) is 0 Å². The predicted octanol–water partition coefficient (Wildman–Crippen LogP) is 1.26. The number of nitrogens with zero attached hydrogens (tertiary/aromatic N) is 1. The van der Waals surface area contributed by atoms with Gasteiger partial charge in [0, 0.05) is 19.1 Å². The van der Waals surface area contributed by atoms with E-state index in [1.807, 2.05) is 6.92 Å². The summed E-state index contributed by atoms with van der Waals surface area (Å²) in [5, 5.41) is 3.41. The molecule has 0 radical (unpaired) electrons. The maximum absolute atomic E-state index is 11.7. The topological polar surface area (TPSA) is 67.6 Å². The molecule has 3 N–H and O–H groups in total. The molecule has 0 aromatic rings. The average molecular weight is 297 g/mol. The molecule has 2 fully saturated rings. The van der Waals surface area contributed by atoms with Crippen molar-refractivity contribution in [2.75, 3.05) is 19.6 Å². The molecule has 1 amide bonds. The Morgan fingerprint density at radius 2 is 1.90 bits per heavy atom. The third-order valence-electron chi connectivity index (χ3n) is 4.54. The number of rotatable bonds is 8. The number of morpholine rings is 1. The molecule has 2 rings (SSSR count). The Labute approximate surface area is 128 Å². The van der Waals surface area contributed by atoms with Crippen LogP contribution in [0.5, 0.6) is 0 Å². The van der Waals surface area contributed by atoms with E-state index in [-0.39, 0.29) is 5.91 Å². The van der Waals surface area contributed by atoms with Crippen molar-refractivity contribution in [2.24, 2.45) is 5.73 Å². The largest absolute Gasteiger partial charge is 0.373 e. The van der Waals surface area contributed by atoms with Crippen LogP contribution >= 0.6 is 0 Å². The second-order valence-electron chi connectivity index (χ2n) is 7.09. The average Bonchev–Trinajstić information content (AvgIpc) is 3.17. The fourth-order valence-electron chi connectivity index (χ4n) is 3.23. The van der Waals surface area contributed by atoms with Crippen LogP contribution in [0.2, 0.25) is 0 Å². The van der Waals surface area contributed by atoms with Crippen molar-refractivity contribution in [3.8, 4) is 0 Å². The van der Waals surface area contributed by atoms with Gasteiger partial charge in [0.1, 0.15) is 0 Å². The molecule has 5 heteroatoms. The molecule has 5 nitrogen and oxygen atoms in total. The van der Waals surface area contributed by atoms with Gasteiger partial charge in [0.2, 0.25) is 5.91 Å². The highest BCUT2D eigenvalue weighted by Gasteiger charge is 2.36. The van der Waals surface area contributed by atoms with Gasteiger partial charge in [-0.15, -0.1) is 0 Å². The van der Waals surface area contributed by atoms with Crippen molar-refractivity contribution in [1.82, 2.24) is 10.2 Å². The number of nitrogens with two attached hydrogens (primary N) is 1. The van der Waals surface area contributed by atoms with E-state index in [0.29, 0.717) is 18.2 Å². The van der Waals surface area contributed by atoms with Gasteiger partial charge in [-0.1, -0.05) is 0 Å². The maximum atomic E-state index is 11.7. The van der Waals surface area contributed by atoms with Gasteiger partial charge in [-0.25, -0.2) is 0 Å². The number of carbonyl (C=O) groups excluding carboxylic acids is 1. The van der Waals surface area contributed by atoms with Crippen LogP contribution in [0.25, 0.3) is 0 Å². The number of carbonyl (C=O) groups is 1. The van der Waals surface area contributed by atoms with Crippen LogP contribution in [-0.4, -0.2) is 54.2 Å². The van der Waals surface area contributed by atoms with Gasteiger partial charge >= 0.3 is 0 Å². The van der Waals surface area contributed by atoms with Crippen molar-refractivity contribution in [3.05, 3.63) is 0 Å². The SMILES string of the molecule is CC1CN(CCCCC(C)(NC2CC2)C(N)=O)CC(C)O1. The highest BCUT2D eigenvalue weighted by atomic mass is 16.5. The Kier molecular flexibility index (Phi) is 5.63. The number of primary amides is 1. The molecule has 0 spiro atoms. The van der Waals surface area contributed by atoms with Crippen LogP contribution in [0.15, 0.2) is 0 Å². The van der Waals surface area contributed by atoms with Gasteiger partial charge in [0.05, 0.1) is 17.7 Å². The zero-order valence-electron chi connectivity index (χ0n) is 13.7. The lowest BCUT2D eigenvalue weighted by atomic mass is 9.93. The number of nitrogens with one attached hydrogen (secondary N) is 1. The first-order valence-corrected chi connectivity index (χ1v) is 8.34. The molecule has 0 aromatic carbocycles. The molecule has 2 aliphatic rings. The van der Waals surface area contributed by atoms with E-state index in [2.05, 4.69) is 24.1 Å². The Bertz CT molecular complexity index is 349. The summed E-state index contributed by atoms with van der Waals surface area (Å²) in [5.41, 5.74) is 5.05. The highest BCUT2D eigenvalue weighted by Crippen LogP contribution is 2.25. The molecule has 122 valence electrons. The second-order valence-corrected chi connectivity index (χ2v) is 7.09. The first kappa shape index (κ1) is 16.7. The van der Waals surface area contributed by atoms with E-state index in [0.717, 1.165) is 38.9 Å². The molecule has 1 heterocycles. The summed E-state index contributed by atoms with van der Waals surface area (Å²) < 4.78 is 5.75. The van der Waals surface area contributed by atoms with Gasteiger partial charge in [-0.05, 0) is 59.4 Å². The third kappa shape index (κ3) is 5.24. The van der Waals surface area contributed by atoms with E-state index >= 15 is 0 Å². The quantitative estimate of drug-likeness (QED) is 0.662. The summed E-state index contributed by atoms with van der Waals surface area (Å²) in [6.45, 7) is 9.32. The van der Waals surface area contributed by atoms with Gasteiger partial charge in [0.15, 0.2) is 0 Å². The summed E-state index contributed by atoms with van der Waals surface area (Å²) >= 11 is 0. The smallest absolute Gasteiger partial charge is 0.237 e. The molecule has 0 aromatic heterocycles. The molecule has 1 aliphatic heterocycles. The lowest BCUT2D eigenvalue weighted by Gasteiger charge is -2.35. The van der Waals surface area contributed by atoms with Crippen molar-refractivity contribution in [1.29, 1.82) is 0 Å². The normalized spacial score (nSPS) is 30.0. The molecule has 1 saturated carbocycles. The fraction of sp³-hybridized carbons (Fsp3) is 0.938. The van der Waals surface area contributed by atoms with E-state index in [4.69, 9.17) is 10.5 Å². The molecule has 1 aliphatic carbocycles. The van der Waals surface area contributed by atoms with Crippen LogP contribution in [0.3, 0.4) is 0 Å². The standard InChI is InChI=1S/C16H31N3O2/c1-12-10-19(11-13(2)21-12)9-5-4-8-16(3,15(17)20)18-14-6-7-14/h12-14,18H,4-11H2,1-3H3,(H2,17,20). The first-order chi connectivity index (χ1) is 9.89. The summed E-state index contributed by atoms with van der Waals surface area (Å²) in [6.07, 6.45) is 5.95. The minimum absolute atomic E-state index is 0.219. The highest BCUT2D eigenvalue weighted by molar-refractivity contribution is 5.84. The summed E-state index contributed by atoms with van der Waals surface area (Å²) in [5.74, 6) is -0.219. The molecule has 21 heavy (non-hydrogen) atoms. The van der Waals surface area contributed by atoms with E-state index in [9.17, 15) is 4.79 Å². The molecular weight excluding hydrogens is 266 g/mol. The predicted molar refractivity (Wildman–Crippen MR) is 84.1 cm³/mol. The van der Waals surface area contributed by atoms with Crippen molar-refractivity contribution < 1.29 is 9.53 Å². The Balaban J connectivity index is 1.68. The van der Waals surface area contributed by atoms with E-state index < -0.39 is 5.54 Å². The summed E-state index contributed by atoms with van der Waals surface area (Å²) in [7, 11) is 0. The molecule has 3 atom stereocenters. The minimum Gasteiger partial charge on any atom is -0.373 e. The monoisotopic (exact) mass is 297 g/mol. The third-order valence-corrected chi connectivity index (χ3v) is 4.54. The zero-order chi connectivity index (χ0) is 15.5. The van der Waals surface area contributed by atoms with Crippen LogP contribution in [0.1, 0.15) is 52.9 Å². The number of amides is 1. The van der Waals surface area contributed by atoms with Crippen LogP contribution in [-0.2, 0) is 9.53 Å². The number of hydrogen-bond donors (Lipinski definition) is 2. The number of hydrogen-bond acceptors (Lipinski definition) is 4. The fourth-order valence-corrected chi connectivity index (χ4v) is 3.23. The number of unbranched alkanes of at least 4 members (excludes halogenated alkanes) is 1. The van der Waals surface area contributed by atoms with Gasteiger partial charge in [-0.2, -0.15) is 0 Å². The molecular formula is C16H31N3O2. The molecule has 1 saturated heterocycles. The van der Waals surface area contributed by atoms with Crippen molar-refractivity contribution >= 4 is 5.91 Å². The zero-order valence-corrected chi connectivity index (χ0v) is 13.7. The summed E-state index contributed by atoms with van der Waals surface area (Å²) in [6, 6.07) is 0.503. The number of ether oxygens (including phenoxy) is 1. The Hall–Kier alpha value is -0.650. The van der Waals surface area contributed by atoms with E-state index in [1.165, 1.54) is 12.8 Å². The summed E-state index contributed by atoms with van der Waals surface area (Å²) in [4.78, 5) is 14.2. The van der Waals surface area contributed by atoms with Gasteiger partial charge in [-0.3, -0.25) is 9.69 Å². The van der Waals surface area contributed by atoms with Crippen LogP contribution < -0.4 is 11.1 Å². The van der Waals surface area contributed by atoms with Crippen molar-refractivity contribution in [2.45, 2.75) is 76.7 Å². The van der Waals surface area contributed by atoms with Crippen LogP contribution in [0.4, 0.5) is 0 Å². The second kappa shape index (κ2) is 7.07. The molecule has 0 bridgehead atoms. The molecule has 3 unspecified atom stereocenters. The van der Waals surface area contributed by atoms with Gasteiger partial charge < -0.3 is 15.8 Å². The minimum atomic E-state index is -0.535. The van der Waals surface area contributed by atoms with Crippen molar-refractivity contribution in [3.63, 3.8) is 0 Å². The lowest BCUT2D eigenvalue weighted by molar-refractivity contribution is -0.124. The maximum Gasteiger partial charge on any atom is 0.237 e. The van der Waals surface area contributed by atoms with E-state index in [1.54, 1.807) is 0 Å².